The van der Waals surface area contributed by atoms with E-state index in [1.54, 1.807) is 37.5 Å². The molecule has 0 radical (unpaired) electrons. The Morgan fingerprint density at radius 2 is 2.12 bits per heavy atom. The Morgan fingerprint density at radius 3 is 2.94 bits per heavy atom. The molecular formula is C22H20ClFN6O2. The molecule has 1 aromatic carbocycles. The van der Waals surface area contributed by atoms with Crippen LogP contribution in [0.3, 0.4) is 0 Å². The number of rotatable bonds is 7. The van der Waals surface area contributed by atoms with E-state index in [4.69, 9.17) is 16.3 Å². The first kappa shape index (κ1) is 21.5. The number of aromatic nitrogens is 4. The highest BCUT2D eigenvalue weighted by Gasteiger charge is 2.16. The number of nitrogens with one attached hydrogen (secondary N) is 3. The summed E-state index contributed by atoms with van der Waals surface area (Å²) in [4.78, 5) is 27.2. The van der Waals surface area contributed by atoms with Crippen molar-refractivity contribution < 1.29 is 13.9 Å². The quantitative estimate of drug-likeness (QED) is 0.388. The smallest absolute Gasteiger partial charge is 0.257 e. The fourth-order valence-electron chi connectivity index (χ4n) is 3.14. The lowest BCUT2D eigenvalue weighted by molar-refractivity contribution is -0.122. The van der Waals surface area contributed by atoms with E-state index in [9.17, 15) is 9.18 Å². The third kappa shape index (κ3) is 4.62. The molecule has 4 rings (SSSR count). The highest BCUT2D eigenvalue weighted by atomic mass is 35.5. The number of halogens is 2. The van der Waals surface area contributed by atoms with E-state index in [0.29, 0.717) is 27.8 Å². The van der Waals surface area contributed by atoms with Gasteiger partial charge in [0.15, 0.2) is 24.1 Å². The summed E-state index contributed by atoms with van der Waals surface area (Å²) in [6.45, 7) is 1.78. The van der Waals surface area contributed by atoms with E-state index in [0.717, 1.165) is 17.1 Å². The number of nitrogens with zero attached hydrogens (tertiary/aromatic N) is 3. The maximum atomic E-state index is 14.5. The van der Waals surface area contributed by atoms with Gasteiger partial charge in [-0.2, -0.15) is 0 Å². The number of hydrogen-bond acceptors (Lipinski definition) is 6. The molecule has 0 saturated carbocycles. The van der Waals surface area contributed by atoms with Gasteiger partial charge in [0.2, 0.25) is 0 Å². The van der Waals surface area contributed by atoms with Gasteiger partial charge in [-0.25, -0.2) is 19.3 Å². The Hall–Kier alpha value is -3.72. The molecule has 3 N–H and O–H groups in total. The van der Waals surface area contributed by atoms with Gasteiger partial charge in [0.1, 0.15) is 11.4 Å². The highest BCUT2D eigenvalue weighted by molar-refractivity contribution is 6.31. The number of aromatic amines is 1. The van der Waals surface area contributed by atoms with Crippen LogP contribution >= 0.6 is 11.6 Å². The zero-order chi connectivity index (χ0) is 22.7. The summed E-state index contributed by atoms with van der Waals surface area (Å²) in [5.41, 5.74) is 2.13. The van der Waals surface area contributed by atoms with E-state index in [1.165, 1.54) is 6.20 Å². The minimum atomic E-state index is -0.580. The molecule has 0 unspecified atom stereocenters. The third-order valence-electron chi connectivity index (χ3n) is 4.84. The minimum absolute atomic E-state index is 0.0588. The number of amides is 1. The largest absolute Gasteiger partial charge is 0.484 e. The minimum Gasteiger partial charge on any atom is -0.484 e. The number of hydrogen-bond donors (Lipinski definition) is 3. The Morgan fingerprint density at radius 1 is 1.28 bits per heavy atom. The Labute approximate surface area is 188 Å². The van der Waals surface area contributed by atoms with Gasteiger partial charge in [0, 0.05) is 30.4 Å². The van der Waals surface area contributed by atoms with Crippen molar-refractivity contribution in [2.75, 3.05) is 19.0 Å². The number of likely N-dealkylation sites (N-methyl/N-ethyl adjacent to an activating group) is 1. The van der Waals surface area contributed by atoms with Crippen molar-refractivity contribution >= 4 is 34.4 Å². The van der Waals surface area contributed by atoms with Crippen LogP contribution in [-0.4, -0.2) is 39.5 Å². The second-order valence-corrected chi connectivity index (χ2v) is 7.48. The number of carbonyl (C=O) groups is 1. The van der Waals surface area contributed by atoms with Gasteiger partial charge in [-0.3, -0.25) is 4.79 Å². The fourth-order valence-corrected chi connectivity index (χ4v) is 3.30. The Balaban J connectivity index is 1.57. The number of ether oxygens (including phenoxy) is 1. The van der Waals surface area contributed by atoms with Crippen LogP contribution in [0.15, 0.2) is 48.9 Å². The highest BCUT2D eigenvalue weighted by Crippen LogP contribution is 2.29. The maximum absolute atomic E-state index is 14.5. The predicted molar refractivity (Wildman–Crippen MR) is 120 cm³/mol. The van der Waals surface area contributed by atoms with Crippen LogP contribution in [0.25, 0.3) is 22.4 Å². The van der Waals surface area contributed by atoms with Crippen molar-refractivity contribution in [2.24, 2.45) is 0 Å². The third-order valence-corrected chi connectivity index (χ3v) is 5.05. The number of benzene rings is 1. The first-order valence-electron chi connectivity index (χ1n) is 9.80. The average molecular weight is 455 g/mol. The molecule has 10 heteroatoms. The van der Waals surface area contributed by atoms with Crippen molar-refractivity contribution in [3.05, 3.63) is 65.3 Å². The molecule has 4 aromatic rings. The molecule has 32 heavy (non-hydrogen) atoms. The molecule has 0 bridgehead atoms. The van der Waals surface area contributed by atoms with Crippen molar-refractivity contribution in [1.29, 1.82) is 0 Å². The number of anilines is 1. The summed E-state index contributed by atoms with van der Waals surface area (Å²) < 4.78 is 20.0. The molecule has 0 saturated heterocycles. The van der Waals surface area contributed by atoms with E-state index < -0.39 is 5.82 Å². The van der Waals surface area contributed by atoms with Crippen molar-refractivity contribution in [2.45, 2.75) is 13.0 Å². The van der Waals surface area contributed by atoms with Gasteiger partial charge in [-0.15, -0.1) is 0 Å². The molecule has 3 aromatic heterocycles. The molecule has 0 fully saturated rings. The van der Waals surface area contributed by atoms with Gasteiger partial charge in [-0.1, -0.05) is 23.7 Å². The molecule has 164 valence electrons. The summed E-state index contributed by atoms with van der Waals surface area (Å²) in [7, 11) is 1.54. The first-order chi connectivity index (χ1) is 15.4. The van der Waals surface area contributed by atoms with Gasteiger partial charge in [0.25, 0.3) is 5.91 Å². The van der Waals surface area contributed by atoms with Gasteiger partial charge in [-0.05, 0) is 30.7 Å². The van der Waals surface area contributed by atoms with Crippen LogP contribution in [0, 0.1) is 5.82 Å². The van der Waals surface area contributed by atoms with E-state index >= 15 is 0 Å². The SMILES string of the molecule is CNC(=O)COc1cccc([C@H](C)Nc2nc(-c3c[nH]c4ncc(Cl)cc34)ncc2F)c1. The number of fused-ring (bicyclic) bond motifs is 1. The second kappa shape index (κ2) is 9.19. The summed E-state index contributed by atoms with van der Waals surface area (Å²) in [6.07, 6.45) is 4.37. The predicted octanol–water partition coefficient (Wildman–Crippen LogP) is 4.11. The van der Waals surface area contributed by atoms with Gasteiger partial charge >= 0.3 is 0 Å². The molecule has 0 aliphatic rings. The monoisotopic (exact) mass is 454 g/mol. The summed E-state index contributed by atoms with van der Waals surface area (Å²) in [5.74, 6) is 0.115. The molecule has 0 spiro atoms. The van der Waals surface area contributed by atoms with Crippen molar-refractivity contribution in [3.63, 3.8) is 0 Å². The summed E-state index contributed by atoms with van der Waals surface area (Å²) >= 11 is 6.07. The van der Waals surface area contributed by atoms with Crippen LogP contribution in [0.4, 0.5) is 10.2 Å². The van der Waals surface area contributed by atoms with Gasteiger partial charge in [0.05, 0.1) is 17.3 Å². The number of H-pyrrole nitrogens is 1. The Kier molecular flexibility index (Phi) is 6.18. The molecule has 8 nitrogen and oxygen atoms in total. The van der Waals surface area contributed by atoms with Crippen molar-refractivity contribution in [3.8, 4) is 17.1 Å². The molecule has 0 aliphatic carbocycles. The average Bonchev–Trinajstić information content (AvgIpc) is 3.22. The molecule has 1 atom stereocenters. The molecule has 0 aliphatic heterocycles. The standard InChI is InChI=1S/C22H20ClFN6O2/c1-12(13-4-3-5-15(6-13)32-11-19(31)25-2)29-22-18(24)10-28-21(30-22)17-9-27-20-16(17)7-14(23)8-26-20/h3-10,12H,11H2,1-2H3,(H,25,31)(H,26,27)(H,28,29,30)/t12-/m0/s1. The van der Waals surface area contributed by atoms with E-state index in [2.05, 4.69) is 30.6 Å². The molecule has 1 amide bonds. The van der Waals surface area contributed by atoms with E-state index in [-0.39, 0.29) is 24.4 Å². The topological polar surface area (TPSA) is 105 Å². The fraction of sp³-hybridized carbons (Fsp3) is 0.182. The van der Waals surface area contributed by atoms with Gasteiger partial charge < -0.3 is 20.4 Å². The van der Waals surface area contributed by atoms with Crippen LogP contribution in [0.5, 0.6) is 5.75 Å². The number of carbonyl (C=O) groups excluding carboxylic acids is 1. The lowest BCUT2D eigenvalue weighted by Gasteiger charge is -2.17. The first-order valence-corrected chi connectivity index (χ1v) is 10.2. The normalized spacial score (nSPS) is 11.9. The zero-order valence-electron chi connectivity index (χ0n) is 17.3. The molecular weight excluding hydrogens is 435 g/mol. The van der Waals surface area contributed by atoms with Crippen LogP contribution in [0.2, 0.25) is 5.02 Å². The summed E-state index contributed by atoms with van der Waals surface area (Å²) in [5, 5.41) is 6.79. The second-order valence-electron chi connectivity index (χ2n) is 7.04. The van der Waals surface area contributed by atoms with Crippen LogP contribution in [0.1, 0.15) is 18.5 Å². The van der Waals surface area contributed by atoms with Crippen molar-refractivity contribution in [1.82, 2.24) is 25.3 Å². The Bertz CT molecular complexity index is 1280. The van der Waals surface area contributed by atoms with Crippen LogP contribution < -0.4 is 15.4 Å². The van der Waals surface area contributed by atoms with Crippen LogP contribution in [-0.2, 0) is 4.79 Å². The lowest BCUT2D eigenvalue weighted by Crippen LogP contribution is -2.24. The number of pyridine rings is 1. The maximum Gasteiger partial charge on any atom is 0.257 e. The molecule has 3 heterocycles. The van der Waals surface area contributed by atoms with E-state index in [1.807, 2.05) is 13.0 Å². The lowest BCUT2D eigenvalue weighted by atomic mass is 10.1. The zero-order valence-corrected chi connectivity index (χ0v) is 18.1. The summed E-state index contributed by atoms with van der Waals surface area (Å²) in [6, 6.07) is 8.67.